The van der Waals surface area contributed by atoms with Gasteiger partial charge in [0.1, 0.15) is 0 Å². The number of hydrogen-bond donors (Lipinski definition) is 1. The average molecular weight is 217 g/mol. The maximum atomic E-state index is 10.4. The van der Waals surface area contributed by atoms with E-state index >= 15 is 0 Å². The first kappa shape index (κ1) is 15.6. The van der Waals surface area contributed by atoms with E-state index in [1.165, 1.54) is 0 Å². The Kier molecular flexibility index (Phi) is 9.01. The minimum atomic E-state index is -3.95. The van der Waals surface area contributed by atoms with Crippen LogP contribution < -0.4 is 29.6 Å². The van der Waals surface area contributed by atoms with Crippen molar-refractivity contribution in [3.63, 3.8) is 0 Å². The Balaban J connectivity index is 0. The molecule has 0 saturated heterocycles. The van der Waals surface area contributed by atoms with Crippen molar-refractivity contribution in [1.82, 2.24) is 0 Å². The van der Waals surface area contributed by atoms with E-state index in [2.05, 4.69) is 11.3 Å². The fourth-order valence-electron chi connectivity index (χ4n) is 0.473. The smallest absolute Gasteiger partial charge is 0.463 e. The summed E-state index contributed by atoms with van der Waals surface area (Å²) in [5.41, 5.74) is 0. The molecule has 7 heteroatoms. The van der Waals surface area contributed by atoms with Gasteiger partial charge in [0.15, 0.2) is 0 Å². The van der Waals surface area contributed by atoms with Gasteiger partial charge in [-0.3, -0.25) is 4.55 Å². The summed E-state index contributed by atoms with van der Waals surface area (Å²) in [5.74, 6) is -1.01. The molecule has 0 fully saturated rings. The molecule has 0 aromatic carbocycles. The third-order valence-corrected chi connectivity index (χ3v) is 1.76. The quantitative estimate of drug-likeness (QED) is 0.174. The number of rotatable bonds is 5. The number of carbonyl (C=O) groups is 1. The Morgan fingerprint density at radius 2 is 2.08 bits per heavy atom. The molecule has 0 saturated carbocycles. The Bertz CT molecular complexity index is 258. The minimum Gasteiger partial charge on any atom is -0.463 e. The van der Waals surface area contributed by atoms with E-state index in [0.29, 0.717) is 0 Å². The van der Waals surface area contributed by atoms with Gasteiger partial charge in [-0.25, -0.2) is 4.79 Å². The molecule has 0 aliphatic rings. The van der Waals surface area contributed by atoms with Gasteiger partial charge in [-0.2, -0.15) is 8.42 Å². The van der Waals surface area contributed by atoms with Gasteiger partial charge in [-0.05, 0) is 6.42 Å². The first-order chi connectivity index (χ1) is 5.45. The maximum Gasteiger partial charge on any atom is 1.00 e. The Morgan fingerprint density at radius 1 is 1.54 bits per heavy atom. The number of carbonyl (C=O) groups excluding carboxylic acids is 1. The summed E-state index contributed by atoms with van der Waals surface area (Å²) in [6.45, 7) is 3.11. The number of hydrogen-bond acceptors (Lipinski definition) is 4. The summed E-state index contributed by atoms with van der Waals surface area (Å²) >= 11 is 0. The molecule has 0 heterocycles. The Labute approximate surface area is 99.2 Å². The van der Waals surface area contributed by atoms with Gasteiger partial charge in [0, 0.05) is 6.08 Å². The monoisotopic (exact) mass is 217 g/mol. The fraction of sp³-hybridized carbons (Fsp3) is 0.500. The molecule has 13 heavy (non-hydrogen) atoms. The van der Waals surface area contributed by atoms with E-state index < -0.39 is 21.8 Å². The van der Waals surface area contributed by atoms with Crippen molar-refractivity contribution in [2.24, 2.45) is 0 Å². The van der Waals surface area contributed by atoms with Crippen molar-refractivity contribution in [2.45, 2.75) is 6.42 Å². The van der Waals surface area contributed by atoms with Crippen LogP contribution >= 0.6 is 0 Å². The second-order valence-corrected chi connectivity index (χ2v) is 3.58. The number of ether oxygens (including phenoxy) is 1. The molecular weight excluding hydrogens is 207 g/mol. The van der Waals surface area contributed by atoms with Gasteiger partial charge in [0.25, 0.3) is 10.1 Å². The van der Waals surface area contributed by atoms with Crippen LogP contribution in [0.3, 0.4) is 0 Å². The maximum absolute atomic E-state index is 10.4. The van der Waals surface area contributed by atoms with Gasteiger partial charge in [-0.15, -0.1) is 0 Å². The zero-order valence-electron chi connectivity index (χ0n) is 7.39. The van der Waals surface area contributed by atoms with Crippen LogP contribution in [0.25, 0.3) is 0 Å². The van der Waals surface area contributed by atoms with Crippen molar-refractivity contribution in [3.05, 3.63) is 12.7 Å². The molecule has 0 bridgehead atoms. The molecule has 0 rings (SSSR count). The summed E-state index contributed by atoms with van der Waals surface area (Å²) in [6.07, 6.45) is 1.06. The van der Waals surface area contributed by atoms with Gasteiger partial charge < -0.3 is 4.74 Å². The Morgan fingerprint density at radius 3 is 2.46 bits per heavy atom. The van der Waals surface area contributed by atoms with Crippen LogP contribution in [-0.4, -0.2) is 31.3 Å². The van der Waals surface area contributed by atoms with E-state index in [1.807, 2.05) is 0 Å². The Hall–Kier alpha value is 0.120. The summed E-state index contributed by atoms with van der Waals surface area (Å²) in [4.78, 5) is 10.4. The second-order valence-electron chi connectivity index (χ2n) is 2.01. The van der Waals surface area contributed by atoms with Crippen molar-refractivity contribution < 1.29 is 52.1 Å². The average Bonchev–Trinajstić information content (AvgIpc) is 1.96. The van der Waals surface area contributed by atoms with Crippen molar-refractivity contribution in [2.75, 3.05) is 12.4 Å². The van der Waals surface area contributed by atoms with Crippen LogP contribution in [0.2, 0.25) is 0 Å². The molecule has 0 aliphatic carbocycles. The van der Waals surface area contributed by atoms with E-state index in [0.717, 1.165) is 6.08 Å². The minimum absolute atomic E-state index is 0. The summed E-state index contributed by atoms with van der Waals surface area (Å²) < 4.78 is 33.0. The molecule has 5 nitrogen and oxygen atoms in total. The molecule has 0 aromatic heterocycles. The molecule has 0 atom stereocenters. The van der Waals surface area contributed by atoms with Crippen molar-refractivity contribution in [1.29, 1.82) is 0 Å². The molecule has 0 radical (unpaired) electrons. The first-order valence-electron chi connectivity index (χ1n) is 3.20. The third-order valence-electron chi connectivity index (χ3n) is 0.958. The van der Waals surface area contributed by atoms with Crippen molar-refractivity contribution >= 4 is 16.1 Å². The van der Waals surface area contributed by atoms with Crippen LogP contribution in [0.4, 0.5) is 0 Å². The standard InChI is InChI=1S/C6H10O5S.Na/c1-2-6(7)11-4-3-5-12(8,9)10;/h2H,1,3-5H2,(H,8,9,10);/q;+1. The van der Waals surface area contributed by atoms with Gasteiger partial charge in [0.2, 0.25) is 0 Å². The molecule has 0 unspecified atom stereocenters. The molecule has 0 aliphatic heterocycles. The normalized spacial score (nSPS) is 9.92. The van der Waals surface area contributed by atoms with Crippen LogP contribution in [-0.2, 0) is 19.6 Å². The van der Waals surface area contributed by atoms with E-state index in [4.69, 9.17) is 4.55 Å². The van der Waals surface area contributed by atoms with Gasteiger partial charge in [0.05, 0.1) is 12.4 Å². The van der Waals surface area contributed by atoms with Crippen LogP contribution in [0.5, 0.6) is 0 Å². The van der Waals surface area contributed by atoms with Crippen molar-refractivity contribution in [3.8, 4) is 0 Å². The van der Waals surface area contributed by atoms with Crippen LogP contribution in [0.1, 0.15) is 6.42 Å². The van der Waals surface area contributed by atoms with E-state index in [9.17, 15) is 13.2 Å². The fourth-order valence-corrected chi connectivity index (χ4v) is 0.956. The number of esters is 1. The van der Waals surface area contributed by atoms with Gasteiger partial charge in [-0.1, -0.05) is 6.58 Å². The summed E-state index contributed by atoms with van der Waals surface area (Å²) in [7, 11) is -3.95. The molecule has 0 amide bonds. The largest absolute Gasteiger partial charge is 1.00 e. The molecule has 0 spiro atoms. The summed E-state index contributed by atoms with van der Waals surface area (Å²) in [5, 5.41) is 0. The predicted molar refractivity (Wildman–Crippen MR) is 42.2 cm³/mol. The zero-order chi connectivity index (χ0) is 9.61. The summed E-state index contributed by atoms with van der Waals surface area (Å²) in [6, 6.07) is 0. The third kappa shape index (κ3) is 12.1. The molecular formula is C6H10NaO5S+. The van der Waals surface area contributed by atoms with Crippen LogP contribution in [0, 0.1) is 0 Å². The molecule has 1 N–H and O–H groups in total. The SMILES string of the molecule is C=CC(=O)OCCCS(=O)(=O)O.[Na+]. The predicted octanol–water partition coefficient (Wildman–Crippen LogP) is -3.00. The van der Waals surface area contributed by atoms with E-state index in [1.54, 1.807) is 0 Å². The first-order valence-corrected chi connectivity index (χ1v) is 4.81. The molecule has 70 valence electrons. The second kappa shape index (κ2) is 7.52. The van der Waals surface area contributed by atoms with Crippen LogP contribution in [0.15, 0.2) is 12.7 Å². The van der Waals surface area contributed by atoms with Gasteiger partial charge >= 0.3 is 35.5 Å². The molecule has 0 aromatic rings. The van der Waals surface area contributed by atoms with E-state index in [-0.39, 0.29) is 42.6 Å². The zero-order valence-corrected chi connectivity index (χ0v) is 10.2. The topological polar surface area (TPSA) is 80.7 Å².